The molecular weight excluding hydrogens is 434 g/mol. The topological polar surface area (TPSA) is 148 Å². The van der Waals surface area contributed by atoms with E-state index < -0.39 is 6.04 Å². The molecule has 1 aromatic carbocycles. The van der Waals surface area contributed by atoms with Crippen LogP contribution in [0.3, 0.4) is 0 Å². The van der Waals surface area contributed by atoms with Crippen LogP contribution in [0.15, 0.2) is 24.3 Å². The number of H-pyrrole nitrogens is 1. The predicted molar refractivity (Wildman–Crippen MR) is 119 cm³/mol. The number of tetrazole rings is 1. The Hall–Kier alpha value is -3.36. The fourth-order valence-corrected chi connectivity index (χ4v) is 6.20. The summed E-state index contributed by atoms with van der Waals surface area (Å²) in [6.45, 7) is 3.08. The average Bonchev–Trinajstić information content (AvgIpc) is 3.28. The number of likely N-dealkylation sites (tertiary alicyclic amines) is 3. The summed E-state index contributed by atoms with van der Waals surface area (Å²) in [5.74, 6) is 0.963. The number of carbonyl (C=O) groups is 2. The van der Waals surface area contributed by atoms with Gasteiger partial charge in [0.05, 0.1) is 24.2 Å². The number of benzene rings is 1. The molecule has 4 heterocycles. The molecule has 3 aliphatic heterocycles. The molecule has 3 N–H and O–H groups in total. The summed E-state index contributed by atoms with van der Waals surface area (Å²) in [5, 5.41) is 23.4. The number of amides is 2. The minimum Gasteiger partial charge on any atom is -0.330 e. The first-order chi connectivity index (χ1) is 16.5. The zero-order valence-electron chi connectivity index (χ0n) is 18.9. The Labute approximate surface area is 196 Å². The van der Waals surface area contributed by atoms with Crippen LogP contribution in [-0.2, 0) is 9.59 Å². The first-order valence-corrected chi connectivity index (χ1v) is 11.8. The van der Waals surface area contributed by atoms with Crippen LogP contribution < -0.4 is 5.73 Å². The van der Waals surface area contributed by atoms with Gasteiger partial charge in [-0.15, -0.1) is 5.10 Å². The Morgan fingerprint density at radius 3 is 2.94 bits per heavy atom. The standard InChI is InChI=1S/C23H27N9O2/c1-12(13-3-2-4-14(5-13)21-26-28-29-27-21)31-17-8-20(23(31)34)30(10-17)11-18(25)22(33)32-16(9-24)6-15-7-19(15)32/h2-5,12,15-20H,6-8,10-11,25H2,1H3,(H,26,27,28,29)/t12-,15-,16+,17+,18+,19?,20+/m1/s1. The summed E-state index contributed by atoms with van der Waals surface area (Å²) >= 11 is 0. The molecule has 1 aromatic heterocycles. The van der Waals surface area contributed by atoms with Crippen molar-refractivity contribution >= 4 is 11.8 Å². The third-order valence-electron chi connectivity index (χ3n) is 7.98. The maximum absolute atomic E-state index is 13.3. The lowest BCUT2D eigenvalue weighted by Crippen LogP contribution is -2.57. The molecule has 2 bridgehead atoms. The molecule has 0 spiro atoms. The van der Waals surface area contributed by atoms with Crippen LogP contribution in [0.1, 0.15) is 37.8 Å². The summed E-state index contributed by atoms with van der Waals surface area (Å²) in [7, 11) is 0. The molecule has 2 amide bonds. The first-order valence-electron chi connectivity index (χ1n) is 11.8. The summed E-state index contributed by atoms with van der Waals surface area (Å²) in [6.07, 6.45) is 2.48. The van der Waals surface area contributed by atoms with E-state index in [9.17, 15) is 14.9 Å². The van der Waals surface area contributed by atoms with Crippen molar-refractivity contribution in [1.29, 1.82) is 5.26 Å². The van der Waals surface area contributed by atoms with Crippen molar-refractivity contribution in [2.45, 2.75) is 62.4 Å². The first kappa shape index (κ1) is 21.2. The number of carbonyl (C=O) groups excluding carboxylic acids is 2. The zero-order valence-corrected chi connectivity index (χ0v) is 18.9. The average molecular weight is 462 g/mol. The second kappa shape index (κ2) is 7.85. The van der Waals surface area contributed by atoms with Crippen LogP contribution in [0.25, 0.3) is 11.4 Å². The predicted octanol–water partition coefficient (Wildman–Crippen LogP) is 0.0531. The van der Waals surface area contributed by atoms with E-state index in [1.807, 2.05) is 36.1 Å². The number of piperidine rings is 1. The summed E-state index contributed by atoms with van der Waals surface area (Å²) in [4.78, 5) is 32.1. The molecule has 6 rings (SSSR count). The highest BCUT2D eigenvalue weighted by Gasteiger charge is 2.56. The Bertz CT molecular complexity index is 1160. The van der Waals surface area contributed by atoms with E-state index in [1.165, 1.54) is 0 Å². The number of piperazine rings is 1. The quantitative estimate of drug-likeness (QED) is 0.613. The van der Waals surface area contributed by atoms with Gasteiger partial charge in [-0.25, -0.2) is 5.10 Å². The van der Waals surface area contributed by atoms with Crippen molar-refractivity contribution in [3.63, 3.8) is 0 Å². The van der Waals surface area contributed by atoms with Crippen LogP contribution in [0.4, 0.5) is 0 Å². The lowest BCUT2D eigenvalue weighted by molar-refractivity contribution is -0.141. The molecule has 11 heteroatoms. The van der Waals surface area contributed by atoms with Gasteiger partial charge in [-0.1, -0.05) is 18.2 Å². The molecule has 2 aromatic rings. The van der Waals surface area contributed by atoms with Crippen LogP contribution >= 0.6 is 0 Å². The van der Waals surface area contributed by atoms with Gasteiger partial charge in [0.2, 0.25) is 11.8 Å². The van der Waals surface area contributed by atoms with Crippen LogP contribution in [-0.4, -0.2) is 90.4 Å². The van der Waals surface area contributed by atoms with E-state index in [1.54, 1.807) is 4.90 Å². The largest absolute Gasteiger partial charge is 0.330 e. The van der Waals surface area contributed by atoms with Crippen molar-refractivity contribution in [3.8, 4) is 17.5 Å². The summed E-state index contributed by atoms with van der Waals surface area (Å²) < 4.78 is 0. The van der Waals surface area contributed by atoms with Gasteiger partial charge in [0.15, 0.2) is 5.82 Å². The Balaban J connectivity index is 1.12. The molecule has 1 saturated carbocycles. The molecule has 11 nitrogen and oxygen atoms in total. The van der Waals surface area contributed by atoms with Crippen molar-refractivity contribution in [3.05, 3.63) is 29.8 Å². The fourth-order valence-electron chi connectivity index (χ4n) is 6.20. The lowest BCUT2D eigenvalue weighted by atomic mass is 10.0. The third-order valence-corrected chi connectivity index (χ3v) is 7.98. The molecule has 7 atom stereocenters. The molecule has 176 valence electrons. The number of rotatable bonds is 6. The number of hydrogen-bond donors (Lipinski definition) is 2. The maximum atomic E-state index is 13.3. The van der Waals surface area contributed by atoms with Gasteiger partial charge in [0, 0.05) is 30.7 Å². The van der Waals surface area contributed by atoms with Crippen LogP contribution in [0, 0.1) is 17.2 Å². The van der Waals surface area contributed by atoms with E-state index in [0.717, 1.165) is 30.4 Å². The van der Waals surface area contributed by atoms with Gasteiger partial charge < -0.3 is 15.5 Å². The SMILES string of the molecule is C[C@H](c1cccc(-c2nnn[nH]2)c1)N1C(=O)[C@@H]2C[C@H]1CN2C[C@H](N)C(=O)N1C2C[C@H]2C[C@H]1C#N. The molecule has 4 fully saturated rings. The Morgan fingerprint density at radius 1 is 1.35 bits per heavy atom. The second-order valence-corrected chi connectivity index (χ2v) is 9.95. The second-order valence-electron chi connectivity index (χ2n) is 9.95. The van der Waals surface area contributed by atoms with Gasteiger partial charge in [-0.3, -0.25) is 14.5 Å². The number of aromatic amines is 1. The van der Waals surface area contributed by atoms with Crippen molar-refractivity contribution in [2.24, 2.45) is 11.7 Å². The zero-order chi connectivity index (χ0) is 23.6. The number of nitrogens with zero attached hydrogens (tertiary/aromatic N) is 7. The minimum atomic E-state index is -0.722. The normalized spacial score (nSPS) is 31.4. The fraction of sp³-hybridized carbons (Fsp3) is 0.565. The number of nitriles is 1. The van der Waals surface area contributed by atoms with E-state index in [4.69, 9.17) is 5.73 Å². The highest BCUT2D eigenvalue weighted by atomic mass is 16.2. The van der Waals surface area contributed by atoms with Crippen molar-refractivity contribution < 1.29 is 9.59 Å². The van der Waals surface area contributed by atoms with Gasteiger partial charge in [0.25, 0.3) is 0 Å². The molecule has 34 heavy (non-hydrogen) atoms. The Kier molecular flexibility index (Phi) is 4.89. The smallest absolute Gasteiger partial charge is 0.242 e. The molecule has 1 aliphatic carbocycles. The summed E-state index contributed by atoms with van der Waals surface area (Å²) in [5.41, 5.74) is 8.20. The summed E-state index contributed by atoms with van der Waals surface area (Å²) in [6, 6.07) is 8.96. The van der Waals surface area contributed by atoms with Crippen LogP contribution in [0.5, 0.6) is 0 Å². The minimum absolute atomic E-state index is 0.0773. The Morgan fingerprint density at radius 2 is 2.21 bits per heavy atom. The number of nitrogens with two attached hydrogens (primary N) is 1. The lowest BCUT2D eigenvalue weighted by Gasteiger charge is -2.38. The van der Waals surface area contributed by atoms with Gasteiger partial charge in [-0.05, 0) is 54.2 Å². The third kappa shape index (κ3) is 3.28. The number of fused-ring (bicyclic) bond motifs is 3. The molecular formula is C23H27N9O2. The van der Waals surface area contributed by atoms with Gasteiger partial charge in [0.1, 0.15) is 6.04 Å². The monoisotopic (exact) mass is 461 g/mol. The molecule has 3 saturated heterocycles. The van der Waals surface area contributed by atoms with Crippen molar-refractivity contribution in [1.82, 2.24) is 35.3 Å². The van der Waals surface area contributed by atoms with Gasteiger partial charge in [-0.2, -0.15) is 5.26 Å². The molecule has 1 unspecified atom stereocenters. The maximum Gasteiger partial charge on any atom is 0.242 e. The number of nitrogens with one attached hydrogen (secondary N) is 1. The van der Waals surface area contributed by atoms with E-state index in [0.29, 0.717) is 24.8 Å². The highest BCUT2D eigenvalue weighted by molar-refractivity contribution is 5.87. The van der Waals surface area contributed by atoms with Gasteiger partial charge >= 0.3 is 0 Å². The van der Waals surface area contributed by atoms with E-state index in [-0.39, 0.29) is 42.0 Å². The molecule has 0 radical (unpaired) electrons. The highest BCUT2D eigenvalue weighted by Crippen LogP contribution is 2.48. The number of hydrogen-bond acceptors (Lipinski definition) is 8. The van der Waals surface area contributed by atoms with E-state index in [2.05, 4.69) is 31.6 Å². The van der Waals surface area contributed by atoms with E-state index >= 15 is 0 Å². The number of aromatic nitrogens is 4. The van der Waals surface area contributed by atoms with Crippen LogP contribution in [0.2, 0.25) is 0 Å². The van der Waals surface area contributed by atoms with Crippen molar-refractivity contribution in [2.75, 3.05) is 13.1 Å². The molecule has 4 aliphatic rings.